The Labute approximate surface area is 167 Å². The summed E-state index contributed by atoms with van der Waals surface area (Å²) in [6.07, 6.45) is 9.53. The summed E-state index contributed by atoms with van der Waals surface area (Å²) in [6.45, 7) is 0. The molecule has 3 heterocycles. The molecule has 0 unspecified atom stereocenters. The lowest BCUT2D eigenvalue weighted by atomic mass is 9.94. The number of nitrogens with zero attached hydrogens (tertiary/aromatic N) is 3. The average molecular weight is 395 g/mol. The van der Waals surface area contributed by atoms with Crippen molar-refractivity contribution in [2.24, 2.45) is 0 Å². The molecule has 1 saturated carbocycles. The number of benzene rings is 1. The highest BCUT2D eigenvalue weighted by Gasteiger charge is 2.27. The van der Waals surface area contributed by atoms with E-state index in [1.807, 2.05) is 18.3 Å². The topological polar surface area (TPSA) is 46.5 Å². The van der Waals surface area contributed by atoms with Crippen molar-refractivity contribution in [1.29, 1.82) is 0 Å². The molecule has 142 valence electrons. The van der Waals surface area contributed by atoms with Gasteiger partial charge in [0.05, 0.1) is 11.4 Å². The third-order valence-electron chi connectivity index (χ3n) is 5.64. The first-order valence-electron chi connectivity index (χ1n) is 9.68. The van der Waals surface area contributed by atoms with Crippen LogP contribution in [0.2, 0.25) is 5.28 Å². The smallest absolute Gasteiger partial charge is 0.204 e. The number of imidazole rings is 1. The molecule has 0 atom stereocenters. The fraction of sp³-hybridized carbons (Fsp3) is 0.273. The second-order valence-electron chi connectivity index (χ2n) is 7.35. The lowest BCUT2D eigenvalue weighted by molar-refractivity contribution is 0.356. The molecule has 0 spiro atoms. The second kappa shape index (κ2) is 7.06. The van der Waals surface area contributed by atoms with Gasteiger partial charge in [-0.1, -0.05) is 19.3 Å². The highest BCUT2D eigenvalue weighted by molar-refractivity contribution is 6.29. The molecule has 4 nitrogen and oxygen atoms in total. The van der Waals surface area contributed by atoms with Gasteiger partial charge in [-0.2, -0.15) is 0 Å². The molecule has 5 rings (SSSR count). The minimum Gasteiger partial charge on any atom is -0.346 e. The van der Waals surface area contributed by atoms with Crippen LogP contribution in [0, 0.1) is 5.82 Å². The number of hydrogen-bond donors (Lipinski definition) is 1. The van der Waals surface area contributed by atoms with Gasteiger partial charge >= 0.3 is 0 Å². The Morgan fingerprint density at radius 2 is 1.82 bits per heavy atom. The van der Waals surface area contributed by atoms with Gasteiger partial charge in [0.1, 0.15) is 11.5 Å². The Bertz CT molecular complexity index is 1120. The highest BCUT2D eigenvalue weighted by Crippen LogP contribution is 2.42. The van der Waals surface area contributed by atoms with Crippen molar-refractivity contribution in [1.82, 2.24) is 19.5 Å². The molecular formula is C22H20ClFN4. The Morgan fingerprint density at radius 3 is 2.61 bits per heavy atom. The molecule has 1 N–H and O–H groups in total. The summed E-state index contributed by atoms with van der Waals surface area (Å²) in [6, 6.07) is 10.8. The molecule has 1 aromatic carbocycles. The number of aromatic nitrogens is 4. The molecule has 0 amide bonds. The van der Waals surface area contributed by atoms with Gasteiger partial charge < -0.3 is 9.55 Å². The van der Waals surface area contributed by atoms with Crippen molar-refractivity contribution < 1.29 is 4.39 Å². The van der Waals surface area contributed by atoms with E-state index in [0.29, 0.717) is 11.3 Å². The van der Waals surface area contributed by atoms with Gasteiger partial charge in [-0.25, -0.2) is 14.4 Å². The van der Waals surface area contributed by atoms with Crippen LogP contribution in [-0.2, 0) is 0 Å². The summed E-state index contributed by atoms with van der Waals surface area (Å²) in [5.74, 6) is -0.264. The van der Waals surface area contributed by atoms with E-state index in [4.69, 9.17) is 16.6 Å². The number of hydrogen-bond acceptors (Lipinski definition) is 2. The van der Waals surface area contributed by atoms with Gasteiger partial charge in [0.15, 0.2) is 0 Å². The molecule has 0 aliphatic heterocycles. The largest absolute Gasteiger partial charge is 0.346 e. The molecule has 0 radical (unpaired) electrons. The predicted octanol–water partition coefficient (Wildman–Crippen LogP) is 6.39. The zero-order valence-corrected chi connectivity index (χ0v) is 16.1. The van der Waals surface area contributed by atoms with Crippen molar-refractivity contribution in [3.63, 3.8) is 0 Å². The van der Waals surface area contributed by atoms with E-state index >= 15 is 0 Å². The zero-order chi connectivity index (χ0) is 19.1. The minimum atomic E-state index is -0.264. The van der Waals surface area contributed by atoms with Crippen molar-refractivity contribution >= 4 is 22.6 Å². The van der Waals surface area contributed by atoms with Crippen molar-refractivity contribution in [2.75, 3.05) is 0 Å². The minimum absolute atomic E-state index is 0.264. The van der Waals surface area contributed by atoms with E-state index < -0.39 is 0 Å². The van der Waals surface area contributed by atoms with Crippen LogP contribution in [0.3, 0.4) is 0 Å². The predicted molar refractivity (Wildman–Crippen MR) is 110 cm³/mol. The summed E-state index contributed by atoms with van der Waals surface area (Å²) in [4.78, 5) is 12.3. The number of halogens is 2. The van der Waals surface area contributed by atoms with Gasteiger partial charge in [-0.05, 0) is 60.8 Å². The van der Waals surface area contributed by atoms with Crippen molar-refractivity contribution in [3.05, 3.63) is 59.9 Å². The number of nitrogens with one attached hydrogen (secondary N) is 1. The van der Waals surface area contributed by atoms with Crippen molar-refractivity contribution in [3.8, 4) is 22.5 Å². The molecule has 4 aromatic rings. The van der Waals surface area contributed by atoms with E-state index in [1.54, 1.807) is 18.3 Å². The van der Waals surface area contributed by atoms with E-state index in [9.17, 15) is 4.39 Å². The monoisotopic (exact) mass is 394 g/mol. The number of aromatic amines is 1. The third kappa shape index (κ3) is 2.90. The van der Waals surface area contributed by atoms with Crippen LogP contribution in [0.25, 0.3) is 33.5 Å². The maximum atomic E-state index is 13.5. The molecule has 6 heteroatoms. The molecule has 3 aromatic heterocycles. The summed E-state index contributed by atoms with van der Waals surface area (Å²) in [5, 5.41) is 1.52. The summed E-state index contributed by atoms with van der Waals surface area (Å²) in [7, 11) is 0. The van der Waals surface area contributed by atoms with Crippen LogP contribution in [0.1, 0.15) is 38.1 Å². The molecule has 28 heavy (non-hydrogen) atoms. The molecule has 0 bridgehead atoms. The van der Waals surface area contributed by atoms with Gasteiger partial charge in [0.2, 0.25) is 5.28 Å². The first kappa shape index (κ1) is 17.4. The van der Waals surface area contributed by atoms with E-state index in [0.717, 1.165) is 46.4 Å². The SMILES string of the molecule is Fc1ccc(-c2nc(Cl)n(C3CCCCC3)c2-c2ccnc3[nH]ccc23)cc1. The summed E-state index contributed by atoms with van der Waals surface area (Å²) in [5.41, 5.74) is 4.48. The van der Waals surface area contributed by atoms with E-state index in [2.05, 4.69) is 14.5 Å². The maximum Gasteiger partial charge on any atom is 0.204 e. The lowest BCUT2D eigenvalue weighted by Crippen LogP contribution is -2.14. The Hall–Kier alpha value is -2.66. The maximum absolute atomic E-state index is 13.5. The van der Waals surface area contributed by atoms with Crippen LogP contribution >= 0.6 is 11.6 Å². The first-order valence-corrected chi connectivity index (χ1v) is 10.1. The van der Waals surface area contributed by atoms with E-state index in [1.165, 1.54) is 31.4 Å². The van der Waals surface area contributed by atoms with Crippen LogP contribution in [-0.4, -0.2) is 19.5 Å². The molecule has 1 fully saturated rings. The van der Waals surface area contributed by atoms with Gasteiger partial charge in [0.25, 0.3) is 0 Å². The lowest BCUT2D eigenvalue weighted by Gasteiger charge is -2.26. The number of fused-ring (bicyclic) bond motifs is 1. The number of pyridine rings is 1. The fourth-order valence-corrected chi connectivity index (χ4v) is 4.62. The van der Waals surface area contributed by atoms with Crippen molar-refractivity contribution in [2.45, 2.75) is 38.1 Å². The highest BCUT2D eigenvalue weighted by atomic mass is 35.5. The van der Waals surface area contributed by atoms with Gasteiger partial charge in [0, 0.05) is 34.9 Å². The average Bonchev–Trinajstić information content (AvgIpc) is 3.33. The Kier molecular flexibility index (Phi) is 4.40. The van der Waals surface area contributed by atoms with Crippen LogP contribution in [0.15, 0.2) is 48.8 Å². The first-order chi connectivity index (χ1) is 13.7. The quantitative estimate of drug-likeness (QED) is 0.437. The van der Waals surface area contributed by atoms with Crippen LogP contribution in [0.5, 0.6) is 0 Å². The van der Waals surface area contributed by atoms with Crippen LogP contribution in [0.4, 0.5) is 4.39 Å². The molecule has 0 saturated heterocycles. The fourth-order valence-electron chi connectivity index (χ4n) is 4.31. The molecular weight excluding hydrogens is 375 g/mol. The second-order valence-corrected chi connectivity index (χ2v) is 7.68. The number of H-pyrrole nitrogens is 1. The standard InChI is InChI=1S/C22H20ClFN4/c23-22-27-19(14-6-8-15(24)9-7-14)20(28(22)16-4-2-1-3-5-16)17-10-12-25-21-18(17)11-13-26-21/h6-13,16H,1-5H2,(H,25,26). The number of rotatable bonds is 3. The third-order valence-corrected chi connectivity index (χ3v) is 5.91. The summed E-state index contributed by atoms with van der Waals surface area (Å²) < 4.78 is 15.7. The van der Waals surface area contributed by atoms with E-state index in [-0.39, 0.29) is 5.82 Å². The normalized spacial score (nSPS) is 15.4. The Morgan fingerprint density at radius 1 is 1.04 bits per heavy atom. The Balaban J connectivity index is 1.78. The van der Waals surface area contributed by atoms with Crippen LogP contribution < -0.4 is 0 Å². The molecule has 1 aliphatic carbocycles. The van der Waals surface area contributed by atoms with Gasteiger partial charge in [-0.15, -0.1) is 0 Å². The van der Waals surface area contributed by atoms with Gasteiger partial charge in [-0.3, -0.25) is 0 Å². The molecule has 1 aliphatic rings. The zero-order valence-electron chi connectivity index (χ0n) is 15.3. The summed E-state index contributed by atoms with van der Waals surface area (Å²) >= 11 is 6.69.